The van der Waals surface area contributed by atoms with Crippen molar-refractivity contribution >= 4 is 17.7 Å². The highest BCUT2D eigenvalue weighted by molar-refractivity contribution is 6.09. The maximum atomic E-state index is 12.3. The van der Waals surface area contributed by atoms with Gasteiger partial charge in [-0.15, -0.1) is 5.10 Å². The third-order valence-electron chi connectivity index (χ3n) is 3.46. The standard InChI is InChI=1S/C19H15N5O/c1-14-7-9-16(10-8-14)22-19(25)15(12-20)11-17-13-21-24(23-17)18-5-3-2-4-6-18/h2-11,13H,1H3,(H,22,25)/b15-11-. The summed E-state index contributed by atoms with van der Waals surface area (Å²) >= 11 is 0. The minimum atomic E-state index is -0.486. The van der Waals surface area contributed by atoms with E-state index in [1.165, 1.54) is 17.1 Å². The molecule has 1 aromatic heterocycles. The number of nitriles is 1. The summed E-state index contributed by atoms with van der Waals surface area (Å²) < 4.78 is 0. The van der Waals surface area contributed by atoms with Gasteiger partial charge in [0, 0.05) is 5.69 Å². The average Bonchev–Trinajstić information content (AvgIpc) is 3.11. The van der Waals surface area contributed by atoms with Crippen molar-refractivity contribution in [2.45, 2.75) is 6.92 Å². The average molecular weight is 329 g/mol. The van der Waals surface area contributed by atoms with Crippen molar-refractivity contribution in [2.75, 3.05) is 5.32 Å². The molecule has 6 heteroatoms. The first kappa shape index (κ1) is 16.1. The monoisotopic (exact) mass is 329 g/mol. The highest BCUT2D eigenvalue weighted by atomic mass is 16.1. The maximum absolute atomic E-state index is 12.3. The van der Waals surface area contributed by atoms with Gasteiger partial charge < -0.3 is 5.32 Å². The molecule has 0 bridgehead atoms. The van der Waals surface area contributed by atoms with Crippen molar-refractivity contribution in [3.8, 4) is 11.8 Å². The van der Waals surface area contributed by atoms with E-state index in [-0.39, 0.29) is 5.57 Å². The molecule has 122 valence electrons. The first-order valence-electron chi connectivity index (χ1n) is 7.63. The number of hydrogen-bond acceptors (Lipinski definition) is 4. The Balaban J connectivity index is 1.78. The molecule has 0 unspecified atom stereocenters. The summed E-state index contributed by atoms with van der Waals surface area (Å²) in [6.45, 7) is 1.96. The Labute approximate surface area is 145 Å². The number of para-hydroxylation sites is 1. The maximum Gasteiger partial charge on any atom is 0.266 e. The summed E-state index contributed by atoms with van der Waals surface area (Å²) in [5.41, 5.74) is 2.90. The highest BCUT2D eigenvalue weighted by Crippen LogP contribution is 2.12. The Kier molecular flexibility index (Phi) is 4.67. The predicted octanol–water partition coefficient (Wildman–Crippen LogP) is 3.12. The van der Waals surface area contributed by atoms with E-state index in [9.17, 15) is 10.1 Å². The molecule has 0 saturated carbocycles. The predicted molar refractivity (Wildman–Crippen MR) is 94.8 cm³/mol. The number of carbonyl (C=O) groups is 1. The Morgan fingerprint density at radius 1 is 1.16 bits per heavy atom. The molecule has 25 heavy (non-hydrogen) atoms. The molecule has 0 spiro atoms. The van der Waals surface area contributed by atoms with Gasteiger partial charge in [0.2, 0.25) is 0 Å². The van der Waals surface area contributed by atoms with Gasteiger partial charge in [-0.3, -0.25) is 4.79 Å². The van der Waals surface area contributed by atoms with Gasteiger partial charge in [0.25, 0.3) is 5.91 Å². The van der Waals surface area contributed by atoms with E-state index in [1.807, 2.05) is 55.5 Å². The van der Waals surface area contributed by atoms with Crippen molar-refractivity contribution in [3.05, 3.63) is 77.6 Å². The number of benzene rings is 2. The normalized spacial score (nSPS) is 11.0. The van der Waals surface area contributed by atoms with Crippen molar-refractivity contribution in [1.29, 1.82) is 5.26 Å². The van der Waals surface area contributed by atoms with Gasteiger partial charge in [-0.1, -0.05) is 35.9 Å². The second-order valence-electron chi connectivity index (χ2n) is 5.38. The molecule has 2 aromatic carbocycles. The number of aryl methyl sites for hydroxylation is 1. The first-order valence-corrected chi connectivity index (χ1v) is 7.63. The van der Waals surface area contributed by atoms with Crippen LogP contribution in [0.2, 0.25) is 0 Å². The molecule has 0 aliphatic heterocycles. The van der Waals surface area contributed by atoms with Gasteiger partial charge in [-0.2, -0.15) is 15.2 Å². The quantitative estimate of drug-likeness (QED) is 0.589. The fourth-order valence-corrected chi connectivity index (χ4v) is 2.16. The van der Waals surface area contributed by atoms with Crippen LogP contribution in [0.1, 0.15) is 11.3 Å². The number of hydrogen-bond donors (Lipinski definition) is 1. The highest BCUT2D eigenvalue weighted by Gasteiger charge is 2.11. The molecule has 0 fully saturated rings. The summed E-state index contributed by atoms with van der Waals surface area (Å²) in [6, 6.07) is 18.6. The number of anilines is 1. The Bertz CT molecular complexity index is 949. The second kappa shape index (κ2) is 7.23. The smallest absolute Gasteiger partial charge is 0.266 e. The van der Waals surface area contributed by atoms with Crippen molar-refractivity contribution in [1.82, 2.24) is 15.0 Å². The van der Waals surface area contributed by atoms with Crippen LogP contribution >= 0.6 is 0 Å². The van der Waals surface area contributed by atoms with Crippen LogP contribution in [0.25, 0.3) is 11.8 Å². The lowest BCUT2D eigenvalue weighted by molar-refractivity contribution is -0.112. The topological polar surface area (TPSA) is 83.6 Å². The number of amides is 1. The van der Waals surface area contributed by atoms with Gasteiger partial charge in [-0.05, 0) is 37.3 Å². The molecule has 0 saturated heterocycles. The minimum Gasteiger partial charge on any atom is -0.321 e. The van der Waals surface area contributed by atoms with Gasteiger partial charge >= 0.3 is 0 Å². The largest absolute Gasteiger partial charge is 0.321 e. The Morgan fingerprint density at radius 2 is 1.88 bits per heavy atom. The number of aromatic nitrogens is 3. The summed E-state index contributed by atoms with van der Waals surface area (Å²) in [4.78, 5) is 13.7. The Hall–Kier alpha value is -3.72. The van der Waals surface area contributed by atoms with E-state index in [0.29, 0.717) is 11.4 Å². The molecule has 3 rings (SSSR count). The lowest BCUT2D eigenvalue weighted by atomic mass is 10.2. The molecule has 1 amide bonds. The van der Waals surface area contributed by atoms with Crippen LogP contribution in [-0.4, -0.2) is 20.9 Å². The molecule has 1 heterocycles. The zero-order chi connectivity index (χ0) is 17.6. The molecule has 0 atom stereocenters. The minimum absolute atomic E-state index is 0.0410. The summed E-state index contributed by atoms with van der Waals surface area (Å²) in [5, 5.41) is 20.4. The second-order valence-corrected chi connectivity index (χ2v) is 5.38. The van der Waals surface area contributed by atoms with E-state index < -0.39 is 5.91 Å². The molecule has 1 N–H and O–H groups in total. The van der Waals surface area contributed by atoms with E-state index in [4.69, 9.17) is 0 Å². The van der Waals surface area contributed by atoms with Crippen molar-refractivity contribution in [2.24, 2.45) is 0 Å². The lowest BCUT2D eigenvalue weighted by Crippen LogP contribution is -2.13. The van der Waals surface area contributed by atoms with E-state index in [2.05, 4.69) is 15.5 Å². The fraction of sp³-hybridized carbons (Fsp3) is 0.0526. The molecule has 0 aliphatic rings. The van der Waals surface area contributed by atoms with E-state index in [1.54, 1.807) is 12.1 Å². The third-order valence-corrected chi connectivity index (χ3v) is 3.46. The van der Waals surface area contributed by atoms with Crippen LogP contribution in [0, 0.1) is 18.3 Å². The first-order chi connectivity index (χ1) is 12.2. The van der Waals surface area contributed by atoms with Crippen LogP contribution in [0.15, 0.2) is 66.4 Å². The van der Waals surface area contributed by atoms with Gasteiger partial charge in [0.15, 0.2) is 0 Å². The number of rotatable bonds is 4. The van der Waals surface area contributed by atoms with Gasteiger partial charge in [0.05, 0.1) is 11.9 Å². The number of carbonyl (C=O) groups excluding carboxylic acids is 1. The molecule has 0 radical (unpaired) electrons. The van der Waals surface area contributed by atoms with Crippen molar-refractivity contribution in [3.63, 3.8) is 0 Å². The zero-order valence-corrected chi connectivity index (χ0v) is 13.5. The third kappa shape index (κ3) is 3.98. The van der Waals surface area contributed by atoms with Crippen molar-refractivity contribution < 1.29 is 4.79 Å². The van der Waals surface area contributed by atoms with Crippen LogP contribution in [0.4, 0.5) is 5.69 Å². The van der Waals surface area contributed by atoms with E-state index in [0.717, 1.165) is 11.3 Å². The molecule has 3 aromatic rings. The summed E-state index contributed by atoms with van der Waals surface area (Å²) in [6.07, 6.45) is 2.92. The van der Waals surface area contributed by atoms with Crippen LogP contribution in [-0.2, 0) is 4.79 Å². The van der Waals surface area contributed by atoms with Gasteiger partial charge in [-0.25, -0.2) is 0 Å². The number of nitrogens with zero attached hydrogens (tertiary/aromatic N) is 4. The zero-order valence-electron chi connectivity index (χ0n) is 13.5. The molecule has 6 nitrogen and oxygen atoms in total. The molecule has 0 aliphatic carbocycles. The lowest BCUT2D eigenvalue weighted by Gasteiger charge is -2.04. The summed E-state index contributed by atoms with van der Waals surface area (Å²) in [5.74, 6) is -0.486. The molecular formula is C19H15N5O. The molecular weight excluding hydrogens is 314 g/mol. The van der Waals surface area contributed by atoms with Crippen LogP contribution in [0.3, 0.4) is 0 Å². The van der Waals surface area contributed by atoms with E-state index >= 15 is 0 Å². The van der Waals surface area contributed by atoms with Crippen LogP contribution in [0.5, 0.6) is 0 Å². The SMILES string of the molecule is Cc1ccc(NC(=O)/C(C#N)=C\c2cnn(-c3ccccc3)n2)cc1. The Morgan fingerprint density at radius 3 is 2.56 bits per heavy atom. The van der Waals surface area contributed by atoms with Gasteiger partial charge in [0.1, 0.15) is 17.3 Å². The van der Waals surface area contributed by atoms with Crippen LogP contribution < -0.4 is 5.32 Å². The summed E-state index contributed by atoms with van der Waals surface area (Å²) in [7, 11) is 0. The number of nitrogens with one attached hydrogen (secondary N) is 1. The fourth-order valence-electron chi connectivity index (χ4n) is 2.16.